The monoisotopic (exact) mass is 237 g/mol. The van der Waals surface area contributed by atoms with Crippen molar-refractivity contribution in [1.82, 2.24) is 5.32 Å². The molecule has 1 rings (SSSR count). The molecule has 0 aliphatic carbocycles. The summed E-state index contributed by atoms with van der Waals surface area (Å²) in [6.07, 6.45) is 2.17. The fourth-order valence-electron chi connectivity index (χ4n) is 1.72. The Balaban J connectivity index is 2.63. The number of hydrogen-bond acceptors (Lipinski definition) is 1. The molecule has 0 aliphatic heterocycles. The molecule has 0 amide bonds. The average Bonchev–Trinajstić information content (AvgIpc) is 2.32. The van der Waals surface area contributed by atoms with E-state index in [0.29, 0.717) is 11.5 Å². The van der Waals surface area contributed by atoms with Crippen LogP contribution in [0.4, 0.5) is 4.39 Å². The molecule has 1 nitrogen and oxygen atoms in total. The van der Waals surface area contributed by atoms with E-state index in [1.807, 2.05) is 12.1 Å². The van der Waals surface area contributed by atoms with E-state index in [0.717, 1.165) is 19.4 Å². The maximum atomic E-state index is 12.9. The van der Waals surface area contributed by atoms with Crippen molar-refractivity contribution in [2.45, 2.75) is 46.6 Å². The van der Waals surface area contributed by atoms with Crippen molar-refractivity contribution in [1.29, 1.82) is 0 Å². The Bertz CT molecular complexity index is 329. The van der Waals surface area contributed by atoms with E-state index in [1.165, 1.54) is 17.7 Å². The molecule has 2 heteroatoms. The maximum absolute atomic E-state index is 12.9. The molecule has 1 atom stereocenters. The van der Waals surface area contributed by atoms with Crippen LogP contribution in [-0.4, -0.2) is 6.54 Å². The van der Waals surface area contributed by atoms with Crippen LogP contribution in [0.1, 0.15) is 52.1 Å². The lowest BCUT2D eigenvalue weighted by Crippen LogP contribution is -2.31. The lowest BCUT2D eigenvalue weighted by molar-refractivity contribution is 0.307. The Hall–Kier alpha value is -0.890. The van der Waals surface area contributed by atoms with E-state index in [9.17, 15) is 4.39 Å². The number of benzene rings is 1. The van der Waals surface area contributed by atoms with Crippen LogP contribution in [0.25, 0.3) is 0 Å². The molecular formula is C15H24FN. The highest BCUT2D eigenvalue weighted by atomic mass is 19.1. The zero-order chi connectivity index (χ0) is 12.9. The van der Waals surface area contributed by atoms with Gasteiger partial charge in [0.25, 0.3) is 0 Å². The molecule has 1 unspecified atom stereocenters. The molecule has 0 bridgehead atoms. The van der Waals surface area contributed by atoms with Crippen LogP contribution >= 0.6 is 0 Å². The minimum atomic E-state index is -0.169. The molecule has 0 aliphatic rings. The fraction of sp³-hybridized carbons (Fsp3) is 0.600. The van der Waals surface area contributed by atoms with Crippen LogP contribution in [0.3, 0.4) is 0 Å². The molecule has 0 heterocycles. The highest BCUT2D eigenvalue weighted by Gasteiger charge is 2.17. The smallest absolute Gasteiger partial charge is 0.123 e. The Morgan fingerprint density at radius 3 is 2.24 bits per heavy atom. The SMILES string of the molecule is CCC(NCC(C)(C)CC)c1ccc(F)cc1. The third-order valence-electron chi connectivity index (χ3n) is 3.46. The molecular weight excluding hydrogens is 213 g/mol. The van der Waals surface area contributed by atoms with E-state index >= 15 is 0 Å². The summed E-state index contributed by atoms with van der Waals surface area (Å²) in [5.41, 5.74) is 1.48. The zero-order valence-electron chi connectivity index (χ0n) is 11.4. The second-order valence-corrected chi connectivity index (χ2v) is 5.41. The van der Waals surface area contributed by atoms with Crippen molar-refractivity contribution in [3.8, 4) is 0 Å². The first kappa shape index (κ1) is 14.2. The van der Waals surface area contributed by atoms with Gasteiger partial charge in [0.1, 0.15) is 5.82 Å². The molecule has 0 fully saturated rings. The first-order chi connectivity index (χ1) is 7.98. The first-order valence-electron chi connectivity index (χ1n) is 6.47. The van der Waals surface area contributed by atoms with Gasteiger partial charge in [0.15, 0.2) is 0 Å². The zero-order valence-corrected chi connectivity index (χ0v) is 11.4. The summed E-state index contributed by atoms with van der Waals surface area (Å²) in [5, 5.41) is 3.57. The second-order valence-electron chi connectivity index (χ2n) is 5.41. The van der Waals surface area contributed by atoms with Crippen molar-refractivity contribution < 1.29 is 4.39 Å². The average molecular weight is 237 g/mol. The number of nitrogens with one attached hydrogen (secondary N) is 1. The summed E-state index contributed by atoms with van der Waals surface area (Å²) in [6, 6.07) is 7.13. The topological polar surface area (TPSA) is 12.0 Å². The van der Waals surface area contributed by atoms with E-state index in [4.69, 9.17) is 0 Å². The Morgan fingerprint density at radius 1 is 1.18 bits per heavy atom. The predicted octanol–water partition coefficient (Wildman–Crippen LogP) is 4.30. The first-order valence-corrected chi connectivity index (χ1v) is 6.47. The van der Waals surface area contributed by atoms with Crippen molar-refractivity contribution in [3.63, 3.8) is 0 Å². The second kappa shape index (κ2) is 6.15. The minimum Gasteiger partial charge on any atom is -0.309 e. The van der Waals surface area contributed by atoms with Crippen LogP contribution in [-0.2, 0) is 0 Å². The van der Waals surface area contributed by atoms with Crippen LogP contribution in [0, 0.1) is 11.2 Å². The summed E-state index contributed by atoms with van der Waals surface area (Å²) >= 11 is 0. The van der Waals surface area contributed by atoms with Gasteiger partial charge < -0.3 is 5.32 Å². The molecule has 0 saturated heterocycles. The van der Waals surface area contributed by atoms with Crippen LogP contribution < -0.4 is 5.32 Å². The van der Waals surface area contributed by atoms with Gasteiger partial charge in [0, 0.05) is 12.6 Å². The quantitative estimate of drug-likeness (QED) is 0.777. The van der Waals surface area contributed by atoms with E-state index in [-0.39, 0.29) is 5.82 Å². The molecule has 0 saturated carbocycles. The van der Waals surface area contributed by atoms with Gasteiger partial charge in [-0.25, -0.2) is 4.39 Å². The molecule has 0 spiro atoms. The molecule has 1 aromatic carbocycles. The molecule has 17 heavy (non-hydrogen) atoms. The fourth-order valence-corrected chi connectivity index (χ4v) is 1.72. The van der Waals surface area contributed by atoms with Crippen LogP contribution in [0.15, 0.2) is 24.3 Å². The van der Waals surface area contributed by atoms with Crippen molar-refractivity contribution in [2.24, 2.45) is 5.41 Å². The Kier molecular flexibility index (Phi) is 5.13. The van der Waals surface area contributed by atoms with Gasteiger partial charge >= 0.3 is 0 Å². The van der Waals surface area contributed by atoms with Crippen molar-refractivity contribution in [2.75, 3.05) is 6.54 Å². The molecule has 1 N–H and O–H groups in total. The third-order valence-corrected chi connectivity index (χ3v) is 3.46. The lowest BCUT2D eigenvalue weighted by atomic mass is 9.89. The Morgan fingerprint density at radius 2 is 1.76 bits per heavy atom. The largest absolute Gasteiger partial charge is 0.309 e. The number of hydrogen-bond donors (Lipinski definition) is 1. The lowest BCUT2D eigenvalue weighted by Gasteiger charge is -2.27. The van der Waals surface area contributed by atoms with Crippen molar-refractivity contribution >= 4 is 0 Å². The summed E-state index contributed by atoms with van der Waals surface area (Å²) in [5.74, 6) is -0.169. The van der Waals surface area contributed by atoms with Crippen molar-refractivity contribution in [3.05, 3.63) is 35.6 Å². The number of rotatable bonds is 6. The summed E-state index contributed by atoms with van der Waals surface area (Å²) < 4.78 is 12.9. The summed E-state index contributed by atoms with van der Waals surface area (Å²) in [7, 11) is 0. The number of halogens is 1. The van der Waals surface area contributed by atoms with E-state index in [2.05, 4.69) is 33.0 Å². The maximum Gasteiger partial charge on any atom is 0.123 e. The van der Waals surface area contributed by atoms with E-state index < -0.39 is 0 Å². The van der Waals surface area contributed by atoms with E-state index in [1.54, 1.807) is 0 Å². The predicted molar refractivity (Wildman–Crippen MR) is 71.5 cm³/mol. The molecule has 96 valence electrons. The van der Waals surface area contributed by atoms with Crippen LogP contribution in [0.2, 0.25) is 0 Å². The van der Waals surface area contributed by atoms with Gasteiger partial charge in [0.2, 0.25) is 0 Å². The van der Waals surface area contributed by atoms with Crippen LogP contribution in [0.5, 0.6) is 0 Å². The van der Waals surface area contributed by atoms with Gasteiger partial charge in [-0.05, 0) is 36.0 Å². The van der Waals surface area contributed by atoms with Gasteiger partial charge in [-0.15, -0.1) is 0 Å². The molecule has 0 aromatic heterocycles. The molecule has 0 radical (unpaired) electrons. The highest BCUT2D eigenvalue weighted by Crippen LogP contribution is 2.22. The Labute approximate surface area is 104 Å². The standard InChI is InChI=1S/C15H24FN/c1-5-14(17-11-15(3,4)6-2)12-7-9-13(16)10-8-12/h7-10,14,17H,5-6,11H2,1-4H3. The minimum absolute atomic E-state index is 0.169. The molecule has 1 aromatic rings. The summed E-state index contributed by atoms with van der Waals surface area (Å²) in [6.45, 7) is 9.87. The summed E-state index contributed by atoms with van der Waals surface area (Å²) in [4.78, 5) is 0. The van der Waals surface area contributed by atoms with Gasteiger partial charge in [-0.1, -0.05) is 39.8 Å². The normalized spacial score (nSPS) is 13.7. The highest BCUT2D eigenvalue weighted by molar-refractivity contribution is 5.19. The van der Waals surface area contributed by atoms with Gasteiger partial charge in [-0.3, -0.25) is 0 Å². The third kappa shape index (κ3) is 4.47. The van der Waals surface area contributed by atoms with Gasteiger partial charge in [0.05, 0.1) is 0 Å². The van der Waals surface area contributed by atoms with Gasteiger partial charge in [-0.2, -0.15) is 0 Å².